The van der Waals surface area contributed by atoms with Gasteiger partial charge in [0.25, 0.3) is 0 Å². The van der Waals surface area contributed by atoms with E-state index in [9.17, 15) is 4.79 Å². The number of rotatable bonds is 11. The smallest absolute Gasteiger partial charge is 0.334 e. The normalized spacial score (nSPS) is 12.3. The Hall–Kier alpha value is -0.416. The van der Waals surface area contributed by atoms with Gasteiger partial charge in [-0.2, -0.15) is 0 Å². The maximum atomic E-state index is 11.6. The fourth-order valence-corrected chi connectivity index (χ4v) is 4.41. The molecular formula is C13H32N2O4Si2. The van der Waals surface area contributed by atoms with Gasteiger partial charge in [-0.1, -0.05) is 0 Å². The van der Waals surface area contributed by atoms with Crippen molar-refractivity contribution in [2.75, 3.05) is 34.4 Å². The van der Waals surface area contributed by atoms with Crippen molar-refractivity contribution in [1.82, 2.24) is 10.6 Å². The lowest BCUT2D eigenvalue weighted by atomic mass is 10.4. The molecule has 0 rings (SSSR count). The average molecular weight is 337 g/mol. The van der Waals surface area contributed by atoms with Crippen molar-refractivity contribution in [2.45, 2.75) is 44.6 Å². The zero-order valence-corrected chi connectivity index (χ0v) is 16.4. The fourth-order valence-electron chi connectivity index (χ4n) is 1.78. The van der Waals surface area contributed by atoms with E-state index in [0.29, 0.717) is 13.1 Å². The SMILES string of the molecule is CO[Si](C)(C)CCCNC(=O)NCCC[Si](C)(OC)OC. The Bertz CT molecular complexity index is 300. The minimum atomic E-state index is -2.01. The molecule has 2 amide bonds. The Balaban J connectivity index is 3.64. The standard InChI is InChI=1S/C13H32N2O4Si2/c1-17-20(4,5)11-7-9-14-13(16)15-10-8-12-21(6,18-2)19-3/h7-12H2,1-6H3,(H2,14,15,16). The van der Waals surface area contributed by atoms with E-state index in [1.807, 2.05) is 6.55 Å². The minimum Gasteiger partial charge on any atom is -0.420 e. The maximum absolute atomic E-state index is 11.6. The second-order valence-electron chi connectivity index (χ2n) is 5.90. The first-order chi connectivity index (χ1) is 9.78. The summed E-state index contributed by atoms with van der Waals surface area (Å²) in [6, 6.07) is 1.81. The van der Waals surface area contributed by atoms with Crippen LogP contribution < -0.4 is 10.6 Å². The van der Waals surface area contributed by atoms with Crippen LogP contribution in [-0.4, -0.2) is 57.3 Å². The summed E-state index contributed by atoms with van der Waals surface area (Å²) < 4.78 is 16.3. The molecule has 0 spiro atoms. The van der Waals surface area contributed by atoms with Gasteiger partial charge < -0.3 is 23.9 Å². The van der Waals surface area contributed by atoms with Gasteiger partial charge in [0.15, 0.2) is 8.32 Å². The van der Waals surface area contributed by atoms with Crippen molar-refractivity contribution in [2.24, 2.45) is 0 Å². The summed E-state index contributed by atoms with van der Waals surface area (Å²) in [4.78, 5) is 11.6. The summed E-state index contributed by atoms with van der Waals surface area (Å²) in [6.07, 6.45) is 1.82. The van der Waals surface area contributed by atoms with E-state index in [1.165, 1.54) is 0 Å². The molecule has 0 saturated heterocycles. The van der Waals surface area contributed by atoms with Gasteiger partial charge in [-0.25, -0.2) is 4.79 Å². The molecule has 0 aromatic carbocycles. The number of nitrogens with one attached hydrogen (secondary N) is 2. The molecule has 8 heteroatoms. The van der Waals surface area contributed by atoms with Crippen molar-refractivity contribution in [3.05, 3.63) is 0 Å². The summed E-state index contributed by atoms with van der Waals surface area (Å²) in [6.45, 7) is 7.71. The Morgan fingerprint density at radius 3 is 1.76 bits per heavy atom. The third-order valence-corrected chi connectivity index (χ3v) is 9.40. The van der Waals surface area contributed by atoms with Gasteiger partial charge in [0.05, 0.1) is 0 Å². The molecule has 0 heterocycles. The van der Waals surface area contributed by atoms with E-state index in [0.717, 1.165) is 24.9 Å². The summed E-state index contributed by atoms with van der Waals surface area (Å²) in [5.74, 6) is 0. The molecule has 0 aliphatic carbocycles. The highest BCUT2D eigenvalue weighted by Crippen LogP contribution is 2.13. The van der Waals surface area contributed by atoms with Crippen LogP contribution in [0.3, 0.4) is 0 Å². The highest BCUT2D eigenvalue weighted by atomic mass is 28.4. The Kier molecular flexibility index (Phi) is 10.1. The predicted octanol–water partition coefficient (Wildman–Crippen LogP) is 2.28. The van der Waals surface area contributed by atoms with Crippen molar-refractivity contribution >= 4 is 22.9 Å². The second-order valence-corrected chi connectivity index (χ2v) is 13.9. The first-order valence-corrected chi connectivity index (χ1v) is 13.1. The number of hydrogen-bond acceptors (Lipinski definition) is 4. The van der Waals surface area contributed by atoms with Crippen LogP contribution >= 0.6 is 0 Å². The lowest BCUT2D eigenvalue weighted by Crippen LogP contribution is -2.39. The van der Waals surface area contributed by atoms with Crippen LogP contribution in [0.25, 0.3) is 0 Å². The summed E-state index contributed by atoms with van der Waals surface area (Å²) in [5, 5.41) is 5.73. The Labute approximate surface area is 131 Å². The largest absolute Gasteiger partial charge is 0.420 e. The third kappa shape index (κ3) is 10.0. The molecule has 0 aliphatic heterocycles. The molecule has 0 saturated carbocycles. The lowest BCUT2D eigenvalue weighted by molar-refractivity contribution is 0.238. The summed E-state index contributed by atoms with van der Waals surface area (Å²) in [7, 11) is 1.62. The van der Waals surface area contributed by atoms with Gasteiger partial charge >= 0.3 is 14.6 Å². The molecule has 0 aliphatic rings. The van der Waals surface area contributed by atoms with Crippen molar-refractivity contribution in [3.8, 4) is 0 Å². The highest BCUT2D eigenvalue weighted by molar-refractivity contribution is 6.71. The number of hydrogen-bond donors (Lipinski definition) is 2. The quantitative estimate of drug-likeness (QED) is 0.449. The first kappa shape index (κ1) is 20.6. The van der Waals surface area contributed by atoms with E-state index in [1.54, 1.807) is 21.3 Å². The maximum Gasteiger partial charge on any atom is 0.334 e. The lowest BCUT2D eigenvalue weighted by Gasteiger charge is -2.22. The third-order valence-electron chi connectivity index (χ3n) is 3.75. The molecular weight excluding hydrogens is 304 g/mol. The molecule has 126 valence electrons. The molecule has 0 aromatic heterocycles. The highest BCUT2D eigenvalue weighted by Gasteiger charge is 2.27. The van der Waals surface area contributed by atoms with E-state index in [-0.39, 0.29) is 6.03 Å². The number of urea groups is 1. The number of carbonyl (C=O) groups excluding carboxylic acids is 1. The molecule has 6 nitrogen and oxygen atoms in total. The van der Waals surface area contributed by atoms with Crippen molar-refractivity contribution in [1.29, 1.82) is 0 Å². The molecule has 0 fully saturated rings. The van der Waals surface area contributed by atoms with E-state index in [4.69, 9.17) is 13.3 Å². The van der Waals surface area contributed by atoms with Gasteiger partial charge in [0, 0.05) is 34.4 Å². The minimum absolute atomic E-state index is 0.106. The zero-order valence-electron chi connectivity index (χ0n) is 14.4. The van der Waals surface area contributed by atoms with Crippen LogP contribution in [-0.2, 0) is 13.3 Å². The van der Waals surface area contributed by atoms with E-state index < -0.39 is 16.9 Å². The van der Waals surface area contributed by atoms with E-state index >= 15 is 0 Å². The van der Waals surface area contributed by atoms with Crippen molar-refractivity contribution in [3.63, 3.8) is 0 Å². The fraction of sp³-hybridized carbons (Fsp3) is 0.923. The van der Waals surface area contributed by atoms with Crippen LogP contribution in [0.1, 0.15) is 12.8 Å². The number of amides is 2. The topological polar surface area (TPSA) is 68.8 Å². The zero-order chi connectivity index (χ0) is 16.4. The van der Waals surface area contributed by atoms with Crippen LogP contribution in [0.2, 0.25) is 31.7 Å². The molecule has 0 unspecified atom stereocenters. The predicted molar refractivity (Wildman–Crippen MR) is 90.4 cm³/mol. The molecule has 0 atom stereocenters. The van der Waals surface area contributed by atoms with Gasteiger partial charge in [-0.05, 0) is 44.6 Å². The van der Waals surface area contributed by atoms with Crippen LogP contribution in [0, 0.1) is 0 Å². The van der Waals surface area contributed by atoms with Gasteiger partial charge in [-0.3, -0.25) is 0 Å². The number of carbonyl (C=O) groups is 1. The van der Waals surface area contributed by atoms with Gasteiger partial charge in [0.2, 0.25) is 0 Å². The van der Waals surface area contributed by atoms with Crippen LogP contribution in [0.5, 0.6) is 0 Å². The van der Waals surface area contributed by atoms with Crippen molar-refractivity contribution < 1.29 is 18.1 Å². The van der Waals surface area contributed by atoms with Crippen LogP contribution in [0.4, 0.5) is 4.79 Å². The Morgan fingerprint density at radius 1 is 0.857 bits per heavy atom. The average Bonchev–Trinajstić information content (AvgIpc) is 2.48. The molecule has 0 radical (unpaired) electrons. The van der Waals surface area contributed by atoms with Crippen LogP contribution in [0.15, 0.2) is 0 Å². The summed E-state index contributed by atoms with van der Waals surface area (Å²) in [5.41, 5.74) is 0. The second kappa shape index (κ2) is 10.3. The first-order valence-electron chi connectivity index (χ1n) is 7.46. The van der Waals surface area contributed by atoms with Gasteiger partial charge in [0.1, 0.15) is 0 Å². The monoisotopic (exact) mass is 336 g/mol. The molecule has 0 bridgehead atoms. The summed E-state index contributed by atoms with van der Waals surface area (Å²) >= 11 is 0. The van der Waals surface area contributed by atoms with Gasteiger partial charge in [-0.15, -0.1) is 0 Å². The molecule has 2 N–H and O–H groups in total. The Morgan fingerprint density at radius 2 is 1.33 bits per heavy atom. The molecule has 0 aromatic rings. The van der Waals surface area contributed by atoms with E-state index in [2.05, 4.69) is 23.7 Å². The molecule has 21 heavy (non-hydrogen) atoms.